The van der Waals surface area contributed by atoms with Crippen LogP contribution >= 0.6 is 11.6 Å². The van der Waals surface area contributed by atoms with Crippen molar-refractivity contribution < 1.29 is 13.9 Å². The van der Waals surface area contributed by atoms with E-state index in [0.29, 0.717) is 31.2 Å². The minimum Gasteiger partial charge on any atom is -0.444 e. The maximum Gasteiger partial charge on any atom is 0.410 e. The fraction of sp³-hybridized carbons (Fsp3) is 0.480. The summed E-state index contributed by atoms with van der Waals surface area (Å²) in [5.74, 6) is 0.845. The Bertz CT molecular complexity index is 1250. The lowest BCUT2D eigenvalue weighted by molar-refractivity contribution is 0.0159. The van der Waals surface area contributed by atoms with Gasteiger partial charge in [0.15, 0.2) is 0 Å². The molecule has 1 saturated heterocycles. The molecular formula is C25H29ClFN5O2. The number of aromatic nitrogens is 3. The second-order valence-corrected chi connectivity index (χ2v) is 10.6. The third-order valence-electron chi connectivity index (χ3n) is 6.35. The summed E-state index contributed by atoms with van der Waals surface area (Å²) in [6.07, 6.45) is 5.56. The number of ether oxygens (including phenoxy) is 1. The number of carbonyl (C=O) groups excluding carboxylic acids is 1. The highest BCUT2D eigenvalue weighted by molar-refractivity contribution is 6.30. The third kappa shape index (κ3) is 4.31. The number of amides is 1. The highest BCUT2D eigenvalue weighted by Crippen LogP contribution is 2.46. The number of anilines is 1. The lowest BCUT2D eigenvalue weighted by atomic mass is 10.1. The second kappa shape index (κ2) is 8.41. The number of rotatable bonds is 3. The Morgan fingerprint density at radius 2 is 1.97 bits per heavy atom. The number of hydrogen-bond acceptors (Lipinski definition) is 5. The van der Waals surface area contributed by atoms with Gasteiger partial charge in [-0.3, -0.25) is 0 Å². The smallest absolute Gasteiger partial charge is 0.410 e. The molecular weight excluding hydrogens is 457 g/mol. The molecule has 9 heteroatoms. The van der Waals surface area contributed by atoms with Gasteiger partial charge >= 0.3 is 6.09 Å². The molecule has 3 aromatic rings. The van der Waals surface area contributed by atoms with Crippen molar-refractivity contribution in [3.8, 4) is 5.69 Å². The molecule has 1 atom stereocenters. The molecule has 1 aliphatic heterocycles. The van der Waals surface area contributed by atoms with Crippen molar-refractivity contribution >= 4 is 34.5 Å². The number of benzene rings is 1. The fourth-order valence-corrected chi connectivity index (χ4v) is 4.71. The average molecular weight is 486 g/mol. The first-order chi connectivity index (χ1) is 16.1. The first kappa shape index (κ1) is 22.9. The maximum atomic E-state index is 14.2. The number of halogens is 2. The van der Waals surface area contributed by atoms with Crippen LogP contribution in [0.3, 0.4) is 0 Å². The van der Waals surface area contributed by atoms with Crippen LogP contribution in [0.2, 0.25) is 5.02 Å². The minimum absolute atomic E-state index is 0.0366. The Balaban J connectivity index is 1.50. The van der Waals surface area contributed by atoms with Crippen molar-refractivity contribution in [3.05, 3.63) is 47.1 Å². The van der Waals surface area contributed by atoms with Crippen LogP contribution in [-0.4, -0.2) is 56.8 Å². The quantitative estimate of drug-likeness (QED) is 0.487. The summed E-state index contributed by atoms with van der Waals surface area (Å²) in [5, 5.41) is 1.09. The van der Waals surface area contributed by atoms with E-state index in [9.17, 15) is 9.18 Å². The van der Waals surface area contributed by atoms with E-state index in [0.717, 1.165) is 29.7 Å². The van der Waals surface area contributed by atoms with Crippen LogP contribution in [0, 0.1) is 5.82 Å². The zero-order valence-corrected chi connectivity index (χ0v) is 20.6. The normalized spacial score (nSPS) is 19.1. The molecule has 0 unspecified atom stereocenters. The molecule has 2 aromatic heterocycles. The summed E-state index contributed by atoms with van der Waals surface area (Å²) in [6, 6.07) is 4.76. The van der Waals surface area contributed by atoms with E-state index in [-0.39, 0.29) is 17.2 Å². The first-order valence-electron chi connectivity index (χ1n) is 11.7. The molecule has 2 fully saturated rings. The molecule has 0 spiro atoms. The van der Waals surface area contributed by atoms with E-state index in [1.165, 1.54) is 11.6 Å². The molecule has 5 rings (SSSR count). The maximum absolute atomic E-state index is 14.2. The Hall–Kier alpha value is -2.87. The standard InChI is InChI=1S/C25H29ClFN5O2/c1-15-12-30(9-10-31(15)24(33)34-25(2,3)4)22-21-18(16-5-6-16)13-32(23(21)29-14-28-22)17-7-8-19(26)20(27)11-17/h7-8,11,13-16H,5-6,9-10,12H2,1-4H3/t15-/m1/s1. The van der Waals surface area contributed by atoms with Crippen LogP contribution < -0.4 is 4.90 Å². The Morgan fingerprint density at radius 3 is 2.62 bits per heavy atom. The van der Waals surface area contributed by atoms with Gasteiger partial charge in [-0.1, -0.05) is 11.6 Å². The Morgan fingerprint density at radius 1 is 1.21 bits per heavy atom. The van der Waals surface area contributed by atoms with Crippen LogP contribution in [-0.2, 0) is 4.74 Å². The molecule has 7 nitrogen and oxygen atoms in total. The molecule has 1 saturated carbocycles. The van der Waals surface area contributed by atoms with Gasteiger partial charge in [0.25, 0.3) is 0 Å². The van der Waals surface area contributed by atoms with Gasteiger partial charge in [0.05, 0.1) is 16.1 Å². The highest BCUT2D eigenvalue weighted by atomic mass is 35.5. The van der Waals surface area contributed by atoms with Crippen molar-refractivity contribution in [1.29, 1.82) is 0 Å². The van der Waals surface area contributed by atoms with Gasteiger partial charge in [-0.25, -0.2) is 19.2 Å². The van der Waals surface area contributed by atoms with E-state index < -0.39 is 11.4 Å². The molecule has 180 valence electrons. The van der Waals surface area contributed by atoms with E-state index in [1.54, 1.807) is 23.4 Å². The van der Waals surface area contributed by atoms with Crippen LogP contribution in [0.4, 0.5) is 15.0 Å². The van der Waals surface area contributed by atoms with Crippen molar-refractivity contribution in [2.75, 3.05) is 24.5 Å². The van der Waals surface area contributed by atoms with Gasteiger partial charge < -0.3 is 19.1 Å². The molecule has 2 aliphatic rings. The van der Waals surface area contributed by atoms with Crippen molar-refractivity contribution in [1.82, 2.24) is 19.4 Å². The fourth-order valence-electron chi connectivity index (χ4n) is 4.59. The second-order valence-electron chi connectivity index (χ2n) is 10.2. The molecule has 1 aromatic carbocycles. The summed E-state index contributed by atoms with van der Waals surface area (Å²) in [6.45, 7) is 9.47. The number of piperazine rings is 1. The van der Waals surface area contributed by atoms with Crippen LogP contribution in [0.15, 0.2) is 30.7 Å². The van der Waals surface area contributed by atoms with Gasteiger partial charge in [0.2, 0.25) is 0 Å². The number of hydrogen-bond donors (Lipinski definition) is 0. The zero-order valence-electron chi connectivity index (χ0n) is 19.9. The van der Waals surface area contributed by atoms with Crippen LogP contribution in [0.1, 0.15) is 52.0 Å². The van der Waals surface area contributed by atoms with Gasteiger partial charge in [0, 0.05) is 31.9 Å². The van der Waals surface area contributed by atoms with E-state index in [4.69, 9.17) is 16.3 Å². The summed E-state index contributed by atoms with van der Waals surface area (Å²) < 4.78 is 21.7. The van der Waals surface area contributed by atoms with Crippen LogP contribution in [0.25, 0.3) is 16.7 Å². The van der Waals surface area contributed by atoms with E-state index >= 15 is 0 Å². The number of fused-ring (bicyclic) bond motifs is 1. The molecule has 0 N–H and O–H groups in total. The minimum atomic E-state index is -0.532. The van der Waals surface area contributed by atoms with Crippen molar-refractivity contribution in [3.63, 3.8) is 0 Å². The van der Waals surface area contributed by atoms with Crippen molar-refractivity contribution in [2.45, 2.75) is 58.1 Å². The summed E-state index contributed by atoms with van der Waals surface area (Å²) in [5.41, 5.74) is 2.07. The Kier molecular flexibility index (Phi) is 5.67. The SMILES string of the molecule is C[C@@H]1CN(c2ncnc3c2c(C2CC2)cn3-c2ccc(Cl)c(F)c2)CCN1C(=O)OC(C)(C)C. The van der Waals surface area contributed by atoms with Gasteiger partial charge in [-0.2, -0.15) is 0 Å². The van der Waals surface area contributed by atoms with Gasteiger partial charge in [-0.15, -0.1) is 0 Å². The topological polar surface area (TPSA) is 63.5 Å². The first-order valence-corrected chi connectivity index (χ1v) is 12.1. The number of carbonyl (C=O) groups is 1. The molecule has 0 radical (unpaired) electrons. The van der Waals surface area contributed by atoms with Gasteiger partial charge in [-0.05, 0) is 70.2 Å². The number of nitrogens with zero attached hydrogens (tertiary/aromatic N) is 5. The third-order valence-corrected chi connectivity index (χ3v) is 6.65. The molecule has 3 heterocycles. The monoisotopic (exact) mass is 485 g/mol. The summed E-state index contributed by atoms with van der Waals surface area (Å²) in [4.78, 5) is 25.9. The average Bonchev–Trinajstić information content (AvgIpc) is 3.54. The lowest BCUT2D eigenvalue weighted by Gasteiger charge is -2.40. The molecule has 0 bridgehead atoms. The van der Waals surface area contributed by atoms with E-state index in [2.05, 4.69) is 21.1 Å². The lowest BCUT2D eigenvalue weighted by Crippen LogP contribution is -2.55. The van der Waals surface area contributed by atoms with Crippen molar-refractivity contribution in [2.24, 2.45) is 0 Å². The molecule has 34 heavy (non-hydrogen) atoms. The zero-order chi connectivity index (χ0) is 24.2. The van der Waals surface area contributed by atoms with Gasteiger partial charge in [0.1, 0.15) is 29.2 Å². The highest BCUT2D eigenvalue weighted by Gasteiger charge is 2.34. The molecule has 1 aliphatic carbocycles. The molecule has 1 amide bonds. The predicted molar refractivity (Wildman–Crippen MR) is 130 cm³/mol. The summed E-state index contributed by atoms with van der Waals surface area (Å²) in [7, 11) is 0. The Labute approximate surface area is 203 Å². The summed E-state index contributed by atoms with van der Waals surface area (Å²) >= 11 is 5.91. The van der Waals surface area contributed by atoms with Crippen LogP contribution in [0.5, 0.6) is 0 Å². The largest absolute Gasteiger partial charge is 0.444 e. The van der Waals surface area contributed by atoms with E-state index in [1.807, 2.05) is 32.3 Å². The predicted octanol–water partition coefficient (Wildman–Crippen LogP) is 5.54.